The van der Waals surface area contributed by atoms with Gasteiger partial charge in [0.25, 0.3) is 0 Å². The van der Waals surface area contributed by atoms with Gasteiger partial charge in [0, 0.05) is 13.1 Å². The van der Waals surface area contributed by atoms with E-state index in [-0.39, 0.29) is 5.78 Å². The lowest BCUT2D eigenvalue weighted by atomic mass is 10.0. The molecule has 0 fully saturated rings. The number of carbonyl (C=O) groups is 1. The molecule has 0 unspecified atom stereocenters. The van der Waals surface area contributed by atoms with Crippen LogP contribution in [0.2, 0.25) is 10.0 Å². The molecule has 0 saturated carbocycles. The summed E-state index contributed by atoms with van der Waals surface area (Å²) >= 11 is 12.2. The number of benzene rings is 3. The lowest BCUT2D eigenvalue weighted by Crippen LogP contribution is -2.31. The zero-order valence-electron chi connectivity index (χ0n) is 15.9. The Hall–Kier alpha value is -2.79. The zero-order valence-corrected chi connectivity index (χ0v) is 17.4. The van der Waals surface area contributed by atoms with Crippen LogP contribution in [-0.2, 0) is 13.1 Å². The third-order valence-electron chi connectivity index (χ3n) is 5.17. The Morgan fingerprint density at radius 3 is 2.63 bits per heavy atom. The van der Waals surface area contributed by atoms with E-state index in [0.29, 0.717) is 46.9 Å². The van der Waals surface area contributed by atoms with Crippen molar-refractivity contribution in [3.63, 3.8) is 0 Å². The van der Waals surface area contributed by atoms with Crippen molar-refractivity contribution in [3.8, 4) is 11.5 Å². The van der Waals surface area contributed by atoms with E-state index >= 15 is 0 Å². The molecular weight excluding hydrogens is 421 g/mol. The molecule has 5 rings (SSSR count). The van der Waals surface area contributed by atoms with Crippen molar-refractivity contribution in [1.82, 2.24) is 4.90 Å². The molecule has 0 saturated heterocycles. The number of hydrogen-bond donors (Lipinski definition) is 0. The van der Waals surface area contributed by atoms with Crippen molar-refractivity contribution >= 4 is 35.1 Å². The molecule has 3 aromatic carbocycles. The van der Waals surface area contributed by atoms with E-state index in [2.05, 4.69) is 4.90 Å². The van der Waals surface area contributed by atoms with Crippen molar-refractivity contribution in [1.29, 1.82) is 0 Å². The normalized spacial score (nSPS) is 16.7. The number of hydrogen-bond acceptors (Lipinski definition) is 4. The van der Waals surface area contributed by atoms with Crippen molar-refractivity contribution in [2.75, 3.05) is 6.73 Å². The third-order valence-corrected chi connectivity index (χ3v) is 5.91. The van der Waals surface area contributed by atoms with Gasteiger partial charge in [0.15, 0.2) is 5.76 Å². The molecule has 0 atom stereocenters. The summed E-state index contributed by atoms with van der Waals surface area (Å²) < 4.78 is 12.0. The Kier molecular flexibility index (Phi) is 4.99. The van der Waals surface area contributed by atoms with Crippen molar-refractivity contribution in [3.05, 3.63) is 98.7 Å². The van der Waals surface area contributed by atoms with Crippen LogP contribution in [0.3, 0.4) is 0 Å². The Morgan fingerprint density at radius 2 is 1.83 bits per heavy atom. The molecule has 30 heavy (non-hydrogen) atoms. The fourth-order valence-corrected chi connectivity index (χ4v) is 4.02. The predicted molar refractivity (Wildman–Crippen MR) is 117 cm³/mol. The summed E-state index contributed by atoms with van der Waals surface area (Å²) in [6.45, 7) is 1.68. The van der Waals surface area contributed by atoms with Crippen LogP contribution in [0.25, 0.3) is 6.08 Å². The first-order chi connectivity index (χ1) is 14.6. The number of halogens is 2. The minimum absolute atomic E-state index is 0.113. The average Bonchev–Trinajstić information content (AvgIpc) is 3.07. The highest BCUT2D eigenvalue weighted by Gasteiger charge is 2.33. The summed E-state index contributed by atoms with van der Waals surface area (Å²) in [6, 6.07) is 18.9. The van der Waals surface area contributed by atoms with Crippen LogP contribution < -0.4 is 9.47 Å². The molecule has 4 nitrogen and oxygen atoms in total. The quantitative estimate of drug-likeness (QED) is 0.473. The maximum Gasteiger partial charge on any atom is 0.231 e. The third kappa shape index (κ3) is 3.58. The molecule has 2 aliphatic heterocycles. The molecule has 2 heterocycles. The molecule has 6 heteroatoms. The fourth-order valence-electron chi connectivity index (χ4n) is 3.70. The van der Waals surface area contributed by atoms with Gasteiger partial charge in [-0.3, -0.25) is 9.69 Å². The fraction of sp³-hybridized carbons (Fsp3) is 0.125. The van der Waals surface area contributed by atoms with Gasteiger partial charge in [-0.25, -0.2) is 0 Å². The van der Waals surface area contributed by atoms with E-state index in [9.17, 15) is 4.79 Å². The second-order valence-electron chi connectivity index (χ2n) is 7.28. The van der Waals surface area contributed by atoms with Gasteiger partial charge in [-0.1, -0.05) is 59.6 Å². The van der Waals surface area contributed by atoms with Crippen LogP contribution >= 0.6 is 23.2 Å². The Labute approximate surface area is 184 Å². The molecule has 0 N–H and O–H groups in total. The van der Waals surface area contributed by atoms with Gasteiger partial charge in [0.1, 0.15) is 18.2 Å². The smallest absolute Gasteiger partial charge is 0.231 e. The van der Waals surface area contributed by atoms with Crippen LogP contribution in [0.15, 0.2) is 66.4 Å². The van der Waals surface area contributed by atoms with Gasteiger partial charge in [-0.15, -0.1) is 0 Å². The molecule has 3 aromatic rings. The standard InChI is InChI=1S/C24H17Cl2NO3/c25-19-8-6-16(10-20(19)26)12-27-13-18-21(29-14-27)9-7-17-23(28)22(30-24(17)18)11-15-4-2-1-3-5-15/h1-11H,12-14H2/b22-11-. The first-order valence-electron chi connectivity index (χ1n) is 9.53. The van der Waals surface area contributed by atoms with E-state index in [1.165, 1.54) is 0 Å². The lowest BCUT2D eigenvalue weighted by molar-refractivity contribution is 0.0873. The second kappa shape index (κ2) is 7.80. The Bertz CT molecular complexity index is 1170. The number of nitrogens with zero attached hydrogens (tertiary/aromatic N) is 1. The van der Waals surface area contributed by atoms with Crippen LogP contribution in [-0.4, -0.2) is 17.4 Å². The first-order valence-corrected chi connectivity index (χ1v) is 10.3. The van der Waals surface area contributed by atoms with E-state index < -0.39 is 0 Å². The summed E-state index contributed by atoms with van der Waals surface area (Å²) in [5.41, 5.74) is 3.39. The second-order valence-corrected chi connectivity index (χ2v) is 8.09. The number of ketones is 1. The molecular formula is C24H17Cl2NO3. The highest BCUT2D eigenvalue weighted by molar-refractivity contribution is 6.42. The number of Topliss-reactive ketones (excluding diaryl/α,β-unsaturated/α-hetero) is 1. The minimum atomic E-state index is -0.113. The summed E-state index contributed by atoms with van der Waals surface area (Å²) in [7, 11) is 0. The van der Waals surface area contributed by atoms with Gasteiger partial charge in [-0.05, 0) is 41.5 Å². The van der Waals surface area contributed by atoms with E-state index in [1.807, 2.05) is 48.5 Å². The van der Waals surface area contributed by atoms with Crippen LogP contribution in [0.1, 0.15) is 27.0 Å². The zero-order chi connectivity index (χ0) is 20.7. The van der Waals surface area contributed by atoms with Gasteiger partial charge < -0.3 is 9.47 Å². The molecule has 2 aliphatic rings. The number of carbonyl (C=O) groups excluding carboxylic acids is 1. The molecule has 0 amide bonds. The van der Waals surface area contributed by atoms with Crippen molar-refractivity contribution in [2.45, 2.75) is 13.1 Å². The summed E-state index contributed by atoms with van der Waals surface area (Å²) in [4.78, 5) is 15.0. The lowest BCUT2D eigenvalue weighted by Gasteiger charge is -2.29. The molecule has 0 aliphatic carbocycles. The molecule has 0 spiro atoms. The molecule has 0 radical (unpaired) electrons. The average molecular weight is 438 g/mol. The first kappa shape index (κ1) is 19.2. The summed E-state index contributed by atoms with van der Waals surface area (Å²) in [5, 5.41) is 1.06. The van der Waals surface area contributed by atoms with Crippen molar-refractivity contribution < 1.29 is 14.3 Å². The van der Waals surface area contributed by atoms with Crippen molar-refractivity contribution in [2.24, 2.45) is 0 Å². The van der Waals surface area contributed by atoms with E-state index in [0.717, 1.165) is 22.4 Å². The highest BCUT2D eigenvalue weighted by atomic mass is 35.5. The largest absolute Gasteiger partial charge is 0.478 e. The van der Waals surface area contributed by atoms with Crippen LogP contribution in [0.4, 0.5) is 0 Å². The summed E-state index contributed by atoms with van der Waals surface area (Å²) in [6.07, 6.45) is 1.77. The maximum atomic E-state index is 12.9. The number of ether oxygens (including phenoxy) is 2. The topological polar surface area (TPSA) is 38.8 Å². The van der Waals surface area contributed by atoms with E-state index in [4.69, 9.17) is 32.7 Å². The van der Waals surface area contributed by atoms with Gasteiger partial charge >= 0.3 is 0 Å². The van der Waals surface area contributed by atoms with Crippen LogP contribution in [0, 0.1) is 0 Å². The molecule has 150 valence electrons. The monoisotopic (exact) mass is 437 g/mol. The van der Waals surface area contributed by atoms with Crippen LogP contribution in [0.5, 0.6) is 11.5 Å². The Morgan fingerprint density at radius 1 is 1.00 bits per heavy atom. The predicted octanol–water partition coefficient (Wildman–Crippen LogP) is 5.96. The SMILES string of the molecule is O=C1/C(=C/c2ccccc2)Oc2c1ccc1c2CN(Cc2ccc(Cl)c(Cl)c2)CO1. The maximum absolute atomic E-state index is 12.9. The number of allylic oxidation sites excluding steroid dienone is 1. The summed E-state index contributed by atoms with van der Waals surface area (Å²) in [5.74, 6) is 1.54. The molecule has 0 aromatic heterocycles. The number of fused-ring (bicyclic) bond motifs is 3. The minimum Gasteiger partial charge on any atom is -0.478 e. The number of rotatable bonds is 3. The van der Waals surface area contributed by atoms with Gasteiger partial charge in [-0.2, -0.15) is 0 Å². The van der Waals surface area contributed by atoms with Gasteiger partial charge in [0.05, 0.1) is 21.2 Å². The van der Waals surface area contributed by atoms with Gasteiger partial charge in [0.2, 0.25) is 5.78 Å². The molecule has 0 bridgehead atoms. The highest BCUT2D eigenvalue weighted by Crippen LogP contribution is 2.42. The Balaban J connectivity index is 1.42. The van der Waals surface area contributed by atoms with E-state index in [1.54, 1.807) is 18.2 Å².